The second kappa shape index (κ2) is 7.38. The summed E-state index contributed by atoms with van der Waals surface area (Å²) in [5.74, 6) is -0.980. The van der Waals surface area contributed by atoms with Crippen molar-refractivity contribution in [2.45, 2.75) is 17.9 Å². The topological polar surface area (TPSA) is 92.3 Å². The minimum Gasteiger partial charge on any atom is -0.296 e. The number of hydrogen-bond acceptors (Lipinski definition) is 6. The van der Waals surface area contributed by atoms with E-state index < -0.39 is 15.8 Å². The minimum absolute atomic E-state index is 0.0795. The van der Waals surface area contributed by atoms with Crippen molar-refractivity contribution in [1.82, 2.24) is 14.3 Å². The number of sulfonamides is 1. The third kappa shape index (κ3) is 3.66. The van der Waals surface area contributed by atoms with Gasteiger partial charge in [-0.15, -0.1) is 11.3 Å². The van der Waals surface area contributed by atoms with Crippen molar-refractivity contribution in [2.24, 2.45) is 0 Å². The van der Waals surface area contributed by atoms with Crippen molar-refractivity contribution in [3.05, 3.63) is 70.7 Å². The Morgan fingerprint density at radius 3 is 2.82 bits per heavy atom. The molecule has 2 aromatic heterocycles. The monoisotopic (exact) mass is 418 g/mol. The first-order valence-electron chi connectivity index (χ1n) is 8.40. The lowest BCUT2D eigenvalue weighted by Crippen LogP contribution is -2.35. The summed E-state index contributed by atoms with van der Waals surface area (Å²) in [7, 11) is -3.81. The molecule has 1 aliphatic heterocycles. The lowest BCUT2D eigenvalue weighted by molar-refractivity contribution is 0.102. The summed E-state index contributed by atoms with van der Waals surface area (Å²) in [4.78, 5) is 21.3. The Bertz CT molecular complexity index is 1130. The summed E-state index contributed by atoms with van der Waals surface area (Å²) >= 11 is 1.23. The summed E-state index contributed by atoms with van der Waals surface area (Å²) in [6.07, 6.45) is 1.94. The Morgan fingerprint density at radius 2 is 2.07 bits per heavy atom. The number of rotatable bonds is 4. The fourth-order valence-electron chi connectivity index (χ4n) is 2.87. The molecule has 1 aliphatic rings. The van der Waals surface area contributed by atoms with Gasteiger partial charge in [0.25, 0.3) is 5.91 Å². The van der Waals surface area contributed by atoms with Crippen molar-refractivity contribution in [3.63, 3.8) is 0 Å². The molecule has 0 saturated heterocycles. The molecular weight excluding hydrogens is 403 g/mol. The summed E-state index contributed by atoms with van der Waals surface area (Å²) < 4.78 is 40.3. The van der Waals surface area contributed by atoms with E-state index in [2.05, 4.69) is 15.3 Å². The van der Waals surface area contributed by atoms with Crippen LogP contribution in [0.25, 0.3) is 0 Å². The molecule has 3 aromatic rings. The van der Waals surface area contributed by atoms with Crippen molar-refractivity contribution >= 4 is 32.4 Å². The summed E-state index contributed by atoms with van der Waals surface area (Å²) in [5.41, 5.74) is 1.03. The van der Waals surface area contributed by atoms with Crippen LogP contribution in [0.2, 0.25) is 0 Å². The Kier molecular flexibility index (Phi) is 4.92. The smallest absolute Gasteiger partial charge is 0.276 e. The summed E-state index contributed by atoms with van der Waals surface area (Å²) in [6.45, 7) is 0.370. The predicted octanol–water partition coefficient (Wildman–Crippen LogP) is 2.68. The van der Waals surface area contributed by atoms with Gasteiger partial charge in [-0.25, -0.2) is 17.8 Å². The van der Waals surface area contributed by atoms with Crippen LogP contribution in [0.3, 0.4) is 0 Å². The van der Waals surface area contributed by atoms with Gasteiger partial charge in [-0.3, -0.25) is 15.1 Å². The Labute approximate surface area is 164 Å². The molecule has 1 amide bonds. The van der Waals surface area contributed by atoms with E-state index in [9.17, 15) is 17.6 Å². The highest BCUT2D eigenvalue weighted by atomic mass is 32.2. The van der Waals surface area contributed by atoms with E-state index in [1.807, 2.05) is 0 Å². The zero-order valence-electron chi connectivity index (χ0n) is 14.5. The van der Waals surface area contributed by atoms with E-state index in [4.69, 9.17) is 0 Å². The average molecular weight is 418 g/mol. The number of fused-ring (bicyclic) bond motifs is 1. The number of nitrogens with one attached hydrogen (secondary N) is 1. The van der Waals surface area contributed by atoms with Crippen LogP contribution in [0, 0.1) is 5.82 Å². The summed E-state index contributed by atoms with van der Waals surface area (Å²) in [6, 6.07) is 9.98. The third-order valence-electron chi connectivity index (χ3n) is 4.25. The molecule has 144 valence electrons. The van der Waals surface area contributed by atoms with Gasteiger partial charge in [-0.2, -0.15) is 4.31 Å². The van der Waals surface area contributed by atoms with Crippen LogP contribution in [0.5, 0.6) is 0 Å². The highest BCUT2D eigenvalue weighted by Crippen LogP contribution is 2.31. The van der Waals surface area contributed by atoms with Crippen LogP contribution in [-0.2, 0) is 23.0 Å². The SMILES string of the molecule is O=C(Nc1nc2c(s1)CN(S(=O)(=O)c1cccc(F)c1)CC2)c1ccccn1. The van der Waals surface area contributed by atoms with E-state index >= 15 is 0 Å². The normalized spacial score (nSPS) is 14.5. The largest absolute Gasteiger partial charge is 0.296 e. The number of halogens is 1. The van der Waals surface area contributed by atoms with Gasteiger partial charge in [0.05, 0.1) is 17.1 Å². The van der Waals surface area contributed by atoms with Crippen molar-refractivity contribution < 1.29 is 17.6 Å². The Morgan fingerprint density at radius 1 is 1.21 bits per heavy atom. The molecule has 0 atom stereocenters. The van der Waals surface area contributed by atoms with E-state index in [1.165, 1.54) is 40.0 Å². The molecule has 3 heterocycles. The van der Waals surface area contributed by atoms with Crippen molar-refractivity contribution in [3.8, 4) is 0 Å². The van der Waals surface area contributed by atoms with Gasteiger partial charge in [0.2, 0.25) is 10.0 Å². The fourth-order valence-corrected chi connectivity index (χ4v) is 5.41. The maximum Gasteiger partial charge on any atom is 0.276 e. The highest BCUT2D eigenvalue weighted by Gasteiger charge is 2.30. The van der Waals surface area contributed by atoms with Gasteiger partial charge >= 0.3 is 0 Å². The molecule has 28 heavy (non-hydrogen) atoms. The molecule has 0 bridgehead atoms. The second-order valence-corrected chi connectivity index (χ2v) is 9.13. The third-order valence-corrected chi connectivity index (χ3v) is 7.09. The van der Waals surface area contributed by atoms with Crippen LogP contribution >= 0.6 is 11.3 Å². The molecule has 1 N–H and O–H groups in total. The molecular formula is C18H15FN4O3S2. The van der Waals surface area contributed by atoms with Crippen LogP contribution in [0.1, 0.15) is 21.1 Å². The quantitative estimate of drug-likeness (QED) is 0.703. The summed E-state index contributed by atoms with van der Waals surface area (Å²) in [5, 5.41) is 3.09. The number of thiazole rings is 1. The Hall–Kier alpha value is -2.69. The molecule has 0 spiro atoms. The lowest BCUT2D eigenvalue weighted by atomic mass is 10.2. The molecule has 4 rings (SSSR count). The number of amides is 1. The Balaban J connectivity index is 1.53. The van der Waals surface area contributed by atoms with Gasteiger partial charge in [0.1, 0.15) is 11.5 Å². The van der Waals surface area contributed by atoms with E-state index in [0.717, 1.165) is 16.6 Å². The molecule has 0 saturated carbocycles. The molecule has 10 heteroatoms. The van der Waals surface area contributed by atoms with Gasteiger partial charge in [-0.1, -0.05) is 12.1 Å². The van der Waals surface area contributed by atoms with E-state index in [1.54, 1.807) is 18.2 Å². The number of carbonyl (C=O) groups excluding carboxylic acids is 1. The van der Waals surface area contributed by atoms with Crippen molar-refractivity contribution in [2.75, 3.05) is 11.9 Å². The maximum atomic E-state index is 13.4. The van der Waals surface area contributed by atoms with Gasteiger partial charge in [0.15, 0.2) is 5.13 Å². The first-order valence-corrected chi connectivity index (χ1v) is 10.7. The number of nitrogens with zero attached hydrogens (tertiary/aromatic N) is 3. The average Bonchev–Trinajstić information content (AvgIpc) is 3.10. The van der Waals surface area contributed by atoms with Crippen LogP contribution < -0.4 is 5.32 Å². The van der Waals surface area contributed by atoms with Crippen LogP contribution in [0.4, 0.5) is 9.52 Å². The van der Waals surface area contributed by atoms with Gasteiger partial charge in [-0.05, 0) is 30.3 Å². The molecule has 0 aliphatic carbocycles. The lowest BCUT2D eigenvalue weighted by Gasteiger charge is -2.25. The van der Waals surface area contributed by atoms with Gasteiger partial charge < -0.3 is 0 Å². The molecule has 0 radical (unpaired) electrons. The standard InChI is InChI=1S/C18H15FN4O3S2/c19-12-4-3-5-13(10-12)28(25,26)23-9-7-14-16(11-23)27-18(21-14)22-17(24)15-6-1-2-8-20-15/h1-6,8,10H,7,9,11H2,(H,21,22,24). The maximum absolute atomic E-state index is 13.4. The molecule has 0 unspecified atom stereocenters. The molecule has 7 nitrogen and oxygen atoms in total. The van der Waals surface area contributed by atoms with E-state index in [-0.39, 0.29) is 29.6 Å². The fraction of sp³-hybridized carbons (Fsp3) is 0.167. The zero-order chi connectivity index (χ0) is 19.7. The van der Waals surface area contributed by atoms with Crippen LogP contribution in [-0.4, -0.2) is 35.1 Å². The van der Waals surface area contributed by atoms with Gasteiger partial charge in [0, 0.05) is 24.0 Å². The van der Waals surface area contributed by atoms with Crippen LogP contribution in [0.15, 0.2) is 53.6 Å². The zero-order valence-corrected chi connectivity index (χ0v) is 16.1. The number of anilines is 1. The number of aromatic nitrogens is 2. The second-order valence-electron chi connectivity index (χ2n) is 6.10. The molecule has 1 aromatic carbocycles. The number of hydrogen-bond donors (Lipinski definition) is 1. The number of benzene rings is 1. The molecule has 0 fully saturated rings. The number of pyridine rings is 1. The highest BCUT2D eigenvalue weighted by molar-refractivity contribution is 7.89. The van der Waals surface area contributed by atoms with Crippen molar-refractivity contribution in [1.29, 1.82) is 0 Å². The first-order chi connectivity index (χ1) is 13.4. The first kappa shape index (κ1) is 18.7. The predicted molar refractivity (Wildman–Crippen MR) is 102 cm³/mol. The number of carbonyl (C=O) groups is 1. The van der Waals surface area contributed by atoms with E-state index in [0.29, 0.717) is 11.6 Å². The minimum atomic E-state index is -3.81.